The van der Waals surface area contributed by atoms with Gasteiger partial charge in [0.15, 0.2) is 0 Å². The zero-order valence-electron chi connectivity index (χ0n) is 14.2. The smallest absolute Gasteiger partial charge is 0.254 e. The van der Waals surface area contributed by atoms with Crippen LogP contribution in [0, 0.1) is 0 Å². The standard InChI is InChI=1S/C16H23N3O4S/c1-4-17-15(20)11-18(5-2)16(21)13-6-7-14-12(10-13)8-9-19(14)24(3,22)23/h6-7,10H,4-5,8-9,11H2,1-3H3,(H,17,20). The fraction of sp³-hybridized carbons (Fsp3) is 0.500. The van der Waals surface area contributed by atoms with Crippen LogP contribution in [0.2, 0.25) is 0 Å². The molecule has 1 aromatic carbocycles. The second-order valence-electron chi connectivity index (χ2n) is 5.70. The Hall–Kier alpha value is -2.09. The minimum atomic E-state index is -3.31. The molecule has 0 aromatic heterocycles. The van der Waals surface area contributed by atoms with Gasteiger partial charge in [0.2, 0.25) is 15.9 Å². The predicted octanol–water partition coefficient (Wildman–Crippen LogP) is 0.607. The third kappa shape index (κ3) is 3.87. The number of fused-ring (bicyclic) bond motifs is 1. The second-order valence-corrected chi connectivity index (χ2v) is 7.61. The Morgan fingerprint density at radius 2 is 2.00 bits per heavy atom. The largest absolute Gasteiger partial charge is 0.355 e. The van der Waals surface area contributed by atoms with Crippen molar-refractivity contribution < 1.29 is 18.0 Å². The van der Waals surface area contributed by atoms with Gasteiger partial charge in [-0.1, -0.05) is 0 Å². The van der Waals surface area contributed by atoms with Gasteiger partial charge in [0.25, 0.3) is 5.91 Å². The van der Waals surface area contributed by atoms with Crippen LogP contribution >= 0.6 is 0 Å². The molecule has 8 heteroatoms. The topological polar surface area (TPSA) is 86.8 Å². The Labute approximate surface area is 142 Å². The van der Waals surface area contributed by atoms with Crippen molar-refractivity contribution in [1.82, 2.24) is 10.2 Å². The van der Waals surface area contributed by atoms with Gasteiger partial charge >= 0.3 is 0 Å². The van der Waals surface area contributed by atoms with Crippen molar-refractivity contribution in [2.45, 2.75) is 20.3 Å². The summed E-state index contributed by atoms with van der Waals surface area (Å²) in [4.78, 5) is 25.8. The van der Waals surface area contributed by atoms with E-state index in [0.29, 0.717) is 37.3 Å². The molecule has 0 fully saturated rings. The number of hydrogen-bond donors (Lipinski definition) is 1. The van der Waals surface area contributed by atoms with Crippen LogP contribution in [0.4, 0.5) is 5.69 Å². The van der Waals surface area contributed by atoms with E-state index in [-0.39, 0.29) is 18.4 Å². The van der Waals surface area contributed by atoms with Gasteiger partial charge < -0.3 is 10.2 Å². The summed E-state index contributed by atoms with van der Waals surface area (Å²) >= 11 is 0. The number of amides is 2. The molecular weight excluding hydrogens is 330 g/mol. The summed E-state index contributed by atoms with van der Waals surface area (Å²) in [5.74, 6) is -0.429. The minimum Gasteiger partial charge on any atom is -0.355 e. The van der Waals surface area contributed by atoms with Gasteiger partial charge in [0.05, 0.1) is 18.5 Å². The van der Waals surface area contributed by atoms with E-state index in [4.69, 9.17) is 0 Å². The van der Waals surface area contributed by atoms with Gasteiger partial charge in [0.1, 0.15) is 0 Å². The highest BCUT2D eigenvalue weighted by Gasteiger charge is 2.27. The molecule has 0 unspecified atom stereocenters. The SMILES string of the molecule is CCNC(=O)CN(CC)C(=O)c1ccc2c(c1)CCN2S(C)(=O)=O. The molecule has 2 amide bonds. The number of nitrogens with zero attached hydrogens (tertiary/aromatic N) is 2. The lowest BCUT2D eigenvalue weighted by Crippen LogP contribution is -2.40. The Balaban J connectivity index is 2.21. The number of nitrogens with one attached hydrogen (secondary N) is 1. The molecule has 1 aliphatic heterocycles. The lowest BCUT2D eigenvalue weighted by atomic mass is 10.1. The second kappa shape index (κ2) is 7.21. The van der Waals surface area contributed by atoms with E-state index >= 15 is 0 Å². The molecule has 0 bridgehead atoms. The molecule has 0 spiro atoms. The van der Waals surface area contributed by atoms with Gasteiger partial charge in [0, 0.05) is 25.2 Å². The van der Waals surface area contributed by atoms with Crippen molar-refractivity contribution in [3.8, 4) is 0 Å². The highest BCUT2D eigenvalue weighted by atomic mass is 32.2. The molecule has 0 saturated carbocycles. The van der Waals surface area contributed by atoms with Crippen LogP contribution < -0.4 is 9.62 Å². The molecule has 1 N–H and O–H groups in total. The van der Waals surface area contributed by atoms with Crippen LogP contribution in [0.5, 0.6) is 0 Å². The van der Waals surface area contributed by atoms with E-state index in [0.717, 1.165) is 5.56 Å². The summed E-state index contributed by atoms with van der Waals surface area (Å²) in [5.41, 5.74) is 1.93. The maximum absolute atomic E-state index is 12.6. The lowest BCUT2D eigenvalue weighted by Gasteiger charge is -2.21. The Bertz CT molecular complexity index is 746. The Morgan fingerprint density at radius 3 is 2.58 bits per heavy atom. The highest BCUT2D eigenvalue weighted by molar-refractivity contribution is 7.92. The van der Waals surface area contributed by atoms with Crippen LogP contribution in [-0.4, -0.2) is 57.6 Å². The van der Waals surface area contributed by atoms with Gasteiger partial charge in [-0.3, -0.25) is 13.9 Å². The van der Waals surface area contributed by atoms with Crippen molar-refractivity contribution >= 4 is 27.5 Å². The van der Waals surface area contributed by atoms with Crippen LogP contribution in [0.1, 0.15) is 29.8 Å². The number of hydrogen-bond acceptors (Lipinski definition) is 4. The van der Waals surface area contributed by atoms with Crippen LogP contribution in [0.25, 0.3) is 0 Å². The van der Waals surface area contributed by atoms with E-state index in [2.05, 4.69) is 5.32 Å². The Morgan fingerprint density at radius 1 is 1.29 bits per heavy atom. The number of benzene rings is 1. The van der Waals surface area contributed by atoms with Crippen molar-refractivity contribution in [2.75, 3.05) is 36.7 Å². The maximum atomic E-state index is 12.6. The average Bonchev–Trinajstić information content (AvgIpc) is 2.95. The van der Waals surface area contributed by atoms with Gasteiger partial charge in [-0.25, -0.2) is 8.42 Å². The number of rotatable bonds is 6. The number of carbonyl (C=O) groups is 2. The number of likely N-dealkylation sites (N-methyl/N-ethyl adjacent to an activating group) is 2. The summed E-state index contributed by atoms with van der Waals surface area (Å²) < 4.78 is 24.9. The normalized spacial score (nSPS) is 13.5. The first-order valence-corrected chi connectivity index (χ1v) is 9.79. The minimum absolute atomic E-state index is 0.00965. The number of sulfonamides is 1. The first-order chi connectivity index (χ1) is 11.3. The molecule has 0 saturated heterocycles. The van der Waals surface area contributed by atoms with E-state index < -0.39 is 10.0 Å². The summed E-state index contributed by atoms with van der Waals surface area (Å²) in [6.07, 6.45) is 1.75. The predicted molar refractivity (Wildman–Crippen MR) is 92.6 cm³/mol. The van der Waals surface area contributed by atoms with Gasteiger partial charge in [-0.15, -0.1) is 0 Å². The van der Waals surface area contributed by atoms with Crippen LogP contribution in [0.3, 0.4) is 0 Å². The first kappa shape index (κ1) is 18.3. The summed E-state index contributed by atoms with van der Waals surface area (Å²) in [5, 5.41) is 2.67. The quantitative estimate of drug-likeness (QED) is 0.812. The molecule has 1 aliphatic rings. The van der Waals surface area contributed by atoms with Crippen molar-refractivity contribution in [3.63, 3.8) is 0 Å². The molecule has 0 radical (unpaired) electrons. The molecule has 7 nitrogen and oxygen atoms in total. The third-order valence-electron chi connectivity index (χ3n) is 3.96. The Kier molecular flexibility index (Phi) is 5.48. The van der Waals surface area contributed by atoms with E-state index in [1.165, 1.54) is 15.5 Å². The number of carbonyl (C=O) groups excluding carboxylic acids is 2. The molecule has 2 rings (SSSR count). The molecule has 0 atom stereocenters. The highest BCUT2D eigenvalue weighted by Crippen LogP contribution is 2.30. The first-order valence-electron chi connectivity index (χ1n) is 7.94. The number of anilines is 1. The molecule has 24 heavy (non-hydrogen) atoms. The fourth-order valence-electron chi connectivity index (χ4n) is 2.79. The molecule has 0 aliphatic carbocycles. The zero-order chi connectivity index (χ0) is 17.9. The average molecular weight is 353 g/mol. The summed E-state index contributed by atoms with van der Waals surface area (Å²) in [6, 6.07) is 5.00. The van der Waals surface area contributed by atoms with E-state index in [1.807, 2.05) is 13.8 Å². The maximum Gasteiger partial charge on any atom is 0.254 e. The zero-order valence-corrected chi connectivity index (χ0v) is 15.0. The monoisotopic (exact) mass is 353 g/mol. The van der Waals surface area contributed by atoms with Crippen molar-refractivity contribution in [2.24, 2.45) is 0 Å². The molecular formula is C16H23N3O4S. The molecule has 1 heterocycles. The summed E-state index contributed by atoms with van der Waals surface area (Å²) in [6.45, 7) is 4.98. The van der Waals surface area contributed by atoms with Crippen molar-refractivity contribution in [1.29, 1.82) is 0 Å². The van der Waals surface area contributed by atoms with Crippen molar-refractivity contribution in [3.05, 3.63) is 29.3 Å². The summed E-state index contributed by atoms with van der Waals surface area (Å²) in [7, 11) is -3.31. The lowest BCUT2D eigenvalue weighted by molar-refractivity contribution is -0.121. The molecule has 1 aromatic rings. The van der Waals surface area contributed by atoms with E-state index in [9.17, 15) is 18.0 Å². The van der Waals surface area contributed by atoms with E-state index in [1.54, 1.807) is 18.2 Å². The van der Waals surface area contributed by atoms with Gasteiger partial charge in [-0.05, 0) is 44.0 Å². The van der Waals surface area contributed by atoms with Gasteiger partial charge in [-0.2, -0.15) is 0 Å². The fourth-order valence-corrected chi connectivity index (χ4v) is 3.74. The van der Waals surface area contributed by atoms with Crippen LogP contribution in [-0.2, 0) is 21.2 Å². The van der Waals surface area contributed by atoms with Crippen LogP contribution in [0.15, 0.2) is 18.2 Å². The molecule has 132 valence electrons. The third-order valence-corrected chi connectivity index (χ3v) is 5.14.